The average Bonchev–Trinajstić information content (AvgIpc) is 2.42. The van der Waals surface area contributed by atoms with Crippen LogP contribution in [0.1, 0.15) is 44.9 Å². The van der Waals surface area contributed by atoms with Gasteiger partial charge in [0.05, 0.1) is 18.3 Å². The van der Waals surface area contributed by atoms with Gasteiger partial charge in [-0.25, -0.2) is 18.0 Å². The van der Waals surface area contributed by atoms with Crippen LogP contribution < -0.4 is 0 Å². The largest absolute Gasteiger partial charge is 0.479 e. The molecule has 0 rings (SSSR count). The lowest BCUT2D eigenvalue weighted by atomic mass is 9.99. The fraction of sp³-hybridized carbons (Fsp3) is 0.929. The van der Waals surface area contributed by atoms with Gasteiger partial charge in [0, 0.05) is 6.42 Å². The summed E-state index contributed by atoms with van der Waals surface area (Å²) in [6.45, 7) is 0. The van der Waals surface area contributed by atoms with Crippen molar-refractivity contribution in [3.63, 3.8) is 0 Å². The molecule has 0 aromatic carbocycles. The average molecular weight is 346 g/mol. The molecule has 0 saturated heterocycles. The van der Waals surface area contributed by atoms with Crippen molar-refractivity contribution < 1.29 is 43.5 Å². The number of aliphatic carboxylic acids is 1. The predicted octanol–water partition coefficient (Wildman–Crippen LogP) is 0.848. The molecule has 138 valence electrons. The fourth-order valence-electron chi connectivity index (χ4n) is 2.13. The maximum atomic E-state index is 12.9. The van der Waals surface area contributed by atoms with Crippen LogP contribution in [0.15, 0.2) is 0 Å². The second kappa shape index (κ2) is 11.6. The Balaban J connectivity index is 3.84. The lowest BCUT2D eigenvalue weighted by molar-refractivity contribution is -0.144. The van der Waals surface area contributed by atoms with Gasteiger partial charge in [0.2, 0.25) is 6.36 Å². The Hall–Kier alpha value is -0.900. The first-order chi connectivity index (χ1) is 10.6. The highest BCUT2D eigenvalue weighted by Crippen LogP contribution is 2.16. The molecule has 9 heteroatoms. The number of carboxylic acid groups (broad SMARTS) is 1. The van der Waals surface area contributed by atoms with Crippen LogP contribution in [0.5, 0.6) is 0 Å². The van der Waals surface area contributed by atoms with E-state index in [9.17, 15) is 33.3 Å². The van der Waals surface area contributed by atoms with E-state index in [1.54, 1.807) is 0 Å². The van der Waals surface area contributed by atoms with Crippen molar-refractivity contribution in [2.75, 3.05) is 0 Å². The Bertz CT molecular complexity index is 332. The molecule has 0 aromatic heterocycles. The summed E-state index contributed by atoms with van der Waals surface area (Å²) in [6.07, 6.45) is -10.5. The van der Waals surface area contributed by atoms with Crippen LogP contribution in [0, 0.1) is 0 Å². The van der Waals surface area contributed by atoms with Gasteiger partial charge in [-0.3, -0.25) is 0 Å². The number of rotatable bonds is 13. The first-order valence-corrected chi connectivity index (χ1v) is 7.50. The Morgan fingerprint density at radius 1 is 0.783 bits per heavy atom. The number of unbranched alkanes of at least 4 members (excludes halogenated alkanes) is 1. The van der Waals surface area contributed by atoms with Crippen LogP contribution in [0.25, 0.3) is 0 Å². The van der Waals surface area contributed by atoms with E-state index in [0.717, 1.165) is 0 Å². The molecule has 0 fully saturated rings. The Labute approximate surface area is 132 Å². The first-order valence-electron chi connectivity index (χ1n) is 7.50. The Morgan fingerprint density at radius 3 is 1.78 bits per heavy atom. The van der Waals surface area contributed by atoms with Crippen molar-refractivity contribution in [2.24, 2.45) is 0 Å². The summed E-state index contributed by atoms with van der Waals surface area (Å²) >= 11 is 0. The molecular weight excluding hydrogens is 321 g/mol. The van der Waals surface area contributed by atoms with Crippen molar-refractivity contribution in [3.8, 4) is 0 Å². The predicted molar refractivity (Wildman–Crippen MR) is 74.9 cm³/mol. The second-order valence-corrected chi connectivity index (χ2v) is 5.65. The van der Waals surface area contributed by atoms with Gasteiger partial charge in [-0.1, -0.05) is 12.8 Å². The standard InChI is InChI=1S/C14H25F3O6/c15-11(13(17)21)4-2-1-3-8(18)5-9(19)6-10(20)7-12(16)14(22)23/h8-13,18-21H,1-7H2,(H,22,23). The zero-order valence-corrected chi connectivity index (χ0v) is 12.7. The van der Waals surface area contributed by atoms with E-state index in [1.807, 2.05) is 0 Å². The summed E-state index contributed by atoms with van der Waals surface area (Å²) in [5.74, 6) is -1.69. The minimum Gasteiger partial charge on any atom is -0.479 e. The molecule has 23 heavy (non-hydrogen) atoms. The van der Waals surface area contributed by atoms with Crippen LogP contribution >= 0.6 is 0 Å². The molecule has 0 spiro atoms. The summed E-state index contributed by atoms with van der Waals surface area (Å²) in [6, 6.07) is 0. The van der Waals surface area contributed by atoms with E-state index in [-0.39, 0.29) is 32.1 Å². The van der Waals surface area contributed by atoms with Crippen molar-refractivity contribution >= 4 is 5.97 Å². The number of hydrogen-bond acceptors (Lipinski definition) is 5. The summed E-state index contributed by atoms with van der Waals surface area (Å²) in [5.41, 5.74) is 0. The van der Waals surface area contributed by atoms with Gasteiger partial charge < -0.3 is 25.5 Å². The summed E-state index contributed by atoms with van der Waals surface area (Å²) in [7, 11) is 0. The van der Waals surface area contributed by atoms with Gasteiger partial charge in [-0.2, -0.15) is 0 Å². The normalized spacial score (nSPS) is 19.6. The Kier molecular flexibility index (Phi) is 11.2. The highest BCUT2D eigenvalue weighted by Gasteiger charge is 2.23. The molecule has 6 nitrogen and oxygen atoms in total. The molecule has 6 unspecified atom stereocenters. The minimum absolute atomic E-state index is 0.105. The number of carbonyl (C=O) groups is 1. The van der Waals surface area contributed by atoms with Gasteiger partial charge in [0.25, 0.3) is 0 Å². The number of alkyl halides is 3. The maximum absolute atomic E-state index is 12.9. The molecule has 0 radical (unpaired) electrons. The van der Waals surface area contributed by atoms with Gasteiger partial charge in [0.1, 0.15) is 0 Å². The van der Waals surface area contributed by atoms with Crippen LogP contribution in [0.4, 0.5) is 13.2 Å². The molecular formula is C14H25F3O6. The summed E-state index contributed by atoms with van der Waals surface area (Å²) in [4.78, 5) is 10.3. The SMILES string of the molecule is O=C(O)C(F)CC(O)CC(O)CC(O)CCCCC(F)C(O)F. The molecule has 0 aromatic rings. The van der Waals surface area contributed by atoms with E-state index < -0.39 is 49.4 Å². The lowest BCUT2D eigenvalue weighted by Crippen LogP contribution is -2.27. The molecule has 6 atom stereocenters. The number of aliphatic hydroxyl groups excluding tert-OH is 4. The minimum atomic E-state index is -2.52. The molecule has 0 amide bonds. The van der Waals surface area contributed by atoms with Crippen molar-refractivity contribution in [2.45, 2.75) is 82.0 Å². The topological polar surface area (TPSA) is 118 Å². The zero-order chi connectivity index (χ0) is 18.0. The van der Waals surface area contributed by atoms with Crippen molar-refractivity contribution in [1.82, 2.24) is 0 Å². The highest BCUT2D eigenvalue weighted by atomic mass is 19.2. The fourth-order valence-corrected chi connectivity index (χ4v) is 2.13. The second-order valence-electron chi connectivity index (χ2n) is 5.65. The quantitative estimate of drug-likeness (QED) is 0.316. The van der Waals surface area contributed by atoms with E-state index in [4.69, 9.17) is 10.2 Å². The third kappa shape index (κ3) is 11.3. The Morgan fingerprint density at radius 2 is 1.26 bits per heavy atom. The van der Waals surface area contributed by atoms with Gasteiger partial charge >= 0.3 is 5.97 Å². The molecule has 0 saturated carbocycles. The smallest absolute Gasteiger partial charge is 0.338 e. The summed E-state index contributed by atoms with van der Waals surface area (Å²) < 4.78 is 37.7. The number of halogens is 3. The van der Waals surface area contributed by atoms with Gasteiger partial charge in [-0.15, -0.1) is 0 Å². The zero-order valence-electron chi connectivity index (χ0n) is 12.7. The lowest BCUT2D eigenvalue weighted by Gasteiger charge is -2.19. The highest BCUT2D eigenvalue weighted by molar-refractivity contribution is 5.72. The third-order valence-corrected chi connectivity index (χ3v) is 3.40. The molecule has 5 N–H and O–H groups in total. The van der Waals surface area contributed by atoms with E-state index in [2.05, 4.69) is 0 Å². The molecule has 0 aliphatic heterocycles. The molecule has 0 bridgehead atoms. The van der Waals surface area contributed by atoms with Crippen LogP contribution in [-0.4, -0.2) is 68.5 Å². The van der Waals surface area contributed by atoms with Crippen LogP contribution in [0.2, 0.25) is 0 Å². The van der Waals surface area contributed by atoms with Crippen molar-refractivity contribution in [3.05, 3.63) is 0 Å². The maximum Gasteiger partial charge on any atom is 0.338 e. The van der Waals surface area contributed by atoms with Crippen LogP contribution in [0.3, 0.4) is 0 Å². The summed E-state index contributed by atoms with van der Waals surface area (Å²) in [5, 5.41) is 45.4. The van der Waals surface area contributed by atoms with Crippen molar-refractivity contribution in [1.29, 1.82) is 0 Å². The molecule has 0 heterocycles. The third-order valence-electron chi connectivity index (χ3n) is 3.40. The van der Waals surface area contributed by atoms with E-state index in [1.165, 1.54) is 0 Å². The van der Waals surface area contributed by atoms with Gasteiger partial charge in [-0.05, 0) is 25.7 Å². The number of hydrogen-bond donors (Lipinski definition) is 5. The van der Waals surface area contributed by atoms with E-state index >= 15 is 0 Å². The van der Waals surface area contributed by atoms with Crippen LogP contribution in [-0.2, 0) is 4.79 Å². The van der Waals surface area contributed by atoms with Gasteiger partial charge in [0.15, 0.2) is 12.3 Å². The molecule has 0 aliphatic carbocycles. The number of aliphatic hydroxyl groups is 4. The van der Waals surface area contributed by atoms with E-state index in [0.29, 0.717) is 6.42 Å². The number of carboxylic acids is 1. The molecule has 0 aliphatic rings. The first kappa shape index (κ1) is 22.1. The monoisotopic (exact) mass is 346 g/mol.